The van der Waals surface area contributed by atoms with E-state index in [9.17, 15) is 13.2 Å². The Labute approximate surface area is 158 Å². The fraction of sp³-hybridized carbons (Fsp3) is 0.263. The number of hydrogen-bond acceptors (Lipinski definition) is 5. The first-order valence-electron chi connectivity index (χ1n) is 8.24. The largest absolute Gasteiger partial charge is 0.573 e. The molecule has 0 aliphatic carbocycles. The molecule has 3 rings (SSSR count). The number of aromatic nitrogens is 2. The van der Waals surface area contributed by atoms with E-state index >= 15 is 0 Å². The van der Waals surface area contributed by atoms with Crippen LogP contribution in [0.25, 0.3) is 0 Å². The van der Waals surface area contributed by atoms with Gasteiger partial charge in [0, 0.05) is 12.2 Å². The maximum atomic E-state index is 12.2. The Bertz CT molecular complexity index is 851. The van der Waals surface area contributed by atoms with Crippen LogP contribution in [0.2, 0.25) is 0 Å². The first-order valence-corrected chi connectivity index (χ1v) is 9.22. The molecule has 142 valence electrons. The van der Waals surface area contributed by atoms with Crippen LogP contribution in [0.3, 0.4) is 0 Å². The van der Waals surface area contributed by atoms with Crippen LogP contribution >= 0.6 is 11.8 Å². The van der Waals surface area contributed by atoms with Gasteiger partial charge in [-0.25, -0.2) is 0 Å². The molecule has 0 N–H and O–H groups in total. The maximum Gasteiger partial charge on any atom is 0.573 e. The highest BCUT2D eigenvalue weighted by Crippen LogP contribution is 2.27. The predicted octanol–water partition coefficient (Wildman–Crippen LogP) is 5.61. The molecule has 1 aromatic heterocycles. The second-order valence-corrected chi connectivity index (χ2v) is 6.88. The molecule has 0 bridgehead atoms. The van der Waals surface area contributed by atoms with Crippen LogP contribution in [0.1, 0.15) is 29.9 Å². The minimum Gasteiger partial charge on any atom is -0.416 e. The van der Waals surface area contributed by atoms with Gasteiger partial charge in [-0.1, -0.05) is 61.2 Å². The summed E-state index contributed by atoms with van der Waals surface area (Å²) >= 11 is 1.33. The molecule has 3 aromatic rings. The Kier molecular flexibility index (Phi) is 6.05. The molecule has 0 amide bonds. The summed E-state index contributed by atoms with van der Waals surface area (Å²) in [5, 5.41) is 8.51. The number of hydrogen-bond donors (Lipinski definition) is 0. The van der Waals surface area contributed by atoms with Crippen LogP contribution in [0.15, 0.2) is 64.2 Å². The molecular formula is C19H17F3N2O2S. The molecule has 1 unspecified atom stereocenters. The van der Waals surface area contributed by atoms with Crippen molar-refractivity contribution < 1.29 is 22.3 Å². The van der Waals surface area contributed by atoms with Gasteiger partial charge >= 0.3 is 6.36 Å². The molecule has 8 heteroatoms. The van der Waals surface area contributed by atoms with Crippen molar-refractivity contribution >= 4 is 11.8 Å². The van der Waals surface area contributed by atoms with Crippen molar-refractivity contribution in [2.24, 2.45) is 0 Å². The zero-order valence-electron chi connectivity index (χ0n) is 14.4. The monoisotopic (exact) mass is 394 g/mol. The molecule has 0 spiro atoms. The molecule has 1 heterocycles. The van der Waals surface area contributed by atoms with E-state index in [2.05, 4.69) is 34.0 Å². The molecule has 0 fully saturated rings. The SMILES string of the molecule is CC(Cc1nnc(SCc2ccc(OC(F)(F)F)cc2)o1)c1ccccc1. The quantitative estimate of drug-likeness (QED) is 0.488. The summed E-state index contributed by atoms with van der Waals surface area (Å²) in [4.78, 5) is 0. The molecule has 0 aliphatic rings. The minimum atomic E-state index is -4.69. The second kappa shape index (κ2) is 8.47. The van der Waals surface area contributed by atoms with Crippen LogP contribution < -0.4 is 4.74 Å². The van der Waals surface area contributed by atoms with E-state index < -0.39 is 6.36 Å². The molecule has 0 radical (unpaired) electrons. The third-order valence-electron chi connectivity index (χ3n) is 3.82. The van der Waals surface area contributed by atoms with Crippen LogP contribution in [0.5, 0.6) is 5.75 Å². The standard InChI is InChI=1S/C19H17F3N2O2S/c1-13(15-5-3-2-4-6-15)11-17-23-24-18(25-17)27-12-14-7-9-16(10-8-14)26-19(20,21)22/h2-10,13H,11-12H2,1H3. The van der Waals surface area contributed by atoms with Gasteiger partial charge < -0.3 is 9.15 Å². The van der Waals surface area contributed by atoms with Crippen molar-refractivity contribution in [3.05, 3.63) is 71.6 Å². The summed E-state index contributed by atoms with van der Waals surface area (Å²) in [6.45, 7) is 2.09. The lowest BCUT2D eigenvalue weighted by atomic mass is 9.98. The van der Waals surface area contributed by atoms with Crippen molar-refractivity contribution in [3.8, 4) is 5.75 Å². The Morgan fingerprint density at radius 3 is 2.41 bits per heavy atom. The van der Waals surface area contributed by atoms with E-state index in [0.29, 0.717) is 23.3 Å². The fourth-order valence-corrected chi connectivity index (χ4v) is 3.21. The molecule has 1 atom stereocenters. The lowest BCUT2D eigenvalue weighted by Gasteiger charge is -2.09. The fourth-order valence-electron chi connectivity index (χ4n) is 2.47. The third-order valence-corrected chi connectivity index (χ3v) is 4.71. The maximum absolute atomic E-state index is 12.2. The number of alkyl halides is 3. The topological polar surface area (TPSA) is 48.2 Å². The summed E-state index contributed by atoms with van der Waals surface area (Å²) in [6.07, 6.45) is -4.05. The Balaban J connectivity index is 1.52. The highest BCUT2D eigenvalue weighted by atomic mass is 32.2. The normalized spacial score (nSPS) is 12.7. The molecular weight excluding hydrogens is 377 g/mol. The number of ether oxygens (including phenoxy) is 1. The summed E-state index contributed by atoms with van der Waals surface area (Å²) in [6, 6.07) is 15.8. The van der Waals surface area contributed by atoms with E-state index in [1.54, 1.807) is 12.1 Å². The summed E-state index contributed by atoms with van der Waals surface area (Å²) < 4.78 is 46.0. The number of nitrogens with zero attached hydrogens (tertiary/aromatic N) is 2. The van der Waals surface area contributed by atoms with Gasteiger partial charge in [-0.2, -0.15) is 0 Å². The van der Waals surface area contributed by atoms with E-state index in [0.717, 1.165) is 5.56 Å². The first-order chi connectivity index (χ1) is 12.9. The lowest BCUT2D eigenvalue weighted by Crippen LogP contribution is -2.16. The lowest BCUT2D eigenvalue weighted by molar-refractivity contribution is -0.274. The first kappa shape index (κ1) is 19.3. The molecule has 0 aliphatic heterocycles. The van der Waals surface area contributed by atoms with Crippen LogP contribution in [0, 0.1) is 0 Å². The van der Waals surface area contributed by atoms with Gasteiger partial charge in [-0.3, -0.25) is 0 Å². The highest BCUT2D eigenvalue weighted by molar-refractivity contribution is 7.98. The van der Waals surface area contributed by atoms with Gasteiger partial charge in [0.25, 0.3) is 5.22 Å². The van der Waals surface area contributed by atoms with Crippen LogP contribution in [0.4, 0.5) is 13.2 Å². The van der Waals surface area contributed by atoms with E-state index in [4.69, 9.17) is 4.42 Å². The van der Waals surface area contributed by atoms with Gasteiger partial charge in [0.1, 0.15) is 5.75 Å². The molecule has 2 aromatic carbocycles. The summed E-state index contributed by atoms with van der Waals surface area (Å²) in [7, 11) is 0. The average Bonchev–Trinajstić information content (AvgIpc) is 3.08. The zero-order valence-corrected chi connectivity index (χ0v) is 15.3. The molecule has 0 saturated heterocycles. The van der Waals surface area contributed by atoms with Crippen molar-refractivity contribution in [2.75, 3.05) is 0 Å². The number of rotatable bonds is 7. The molecule has 4 nitrogen and oxygen atoms in total. The highest BCUT2D eigenvalue weighted by Gasteiger charge is 2.30. The molecule has 0 saturated carbocycles. The predicted molar refractivity (Wildman–Crippen MR) is 95.5 cm³/mol. The van der Waals surface area contributed by atoms with E-state index in [1.165, 1.54) is 29.5 Å². The smallest absolute Gasteiger partial charge is 0.416 e. The molecule has 27 heavy (non-hydrogen) atoms. The van der Waals surface area contributed by atoms with Crippen molar-refractivity contribution in [2.45, 2.75) is 36.6 Å². The van der Waals surface area contributed by atoms with Crippen LogP contribution in [-0.4, -0.2) is 16.6 Å². The van der Waals surface area contributed by atoms with Crippen molar-refractivity contribution in [1.29, 1.82) is 0 Å². The van der Waals surface area contributed by atoms with Gasteiger partial charge in [-0.15, -0.1) is 23.4 Å². The summed E-state index contributed by atoms with van der Waals surface area (Å²) in [5.41, 5.74) is 2.03. The number of thioether (sulfide) groups is 1. The van der Waals surface area contributed by atoms with Gasteiger partial charge in [-0.05, 0) is 29.2 Å². The average molecular weight is 394 g/mol. The third kappa shape index (κ3) is 6.02. The van der Waals surface area contributed by atoms with Crippen molar-refractivity contribution in [1.82, 2.24) is 10.2 Å². The number of benzene rings is 2. The Morgan fingerprint density at radius 1 is 1.04 bits per heavy atom. The van der Waals surface area contributed by atoms with Crippen LogP contribution in [-0.2, 0) is 12.2 Å². The zero-order chi connectivity index (χ0) is 19.3. The number of halogens is 3. The summed E-state index contributed by atoms with van der Waals surface area (Å²) in [5.74, 6) is 1.07. The Hall–Kier alpha value is -2.48. The van der Waals surface area contributed by atoms with Gasteiger partial charge in [0.15, 0.2) is 0 Å². The van der Waals surface area contributed by atoms with Gasteiger partial charge in [0.2, 0.25) is 5.89 Å². The van der Waals surface area contributed by atoms with E-state index in [1.807, 2.05) is 18.2 Å². The minimum absolute atomic E-state index is 0.244. The van der Waals surface area contributed by atoms with E-state index in [-0.39, 0.29) is 11.7 Å². The van der Waals surface area contributed by atoms with Gasteiger partial charge in [0.05, 0.1) is 0 Å². The Morgan fingerprint density at radius 2 is 1.74 bits per heavy atom. The van der Waals surface area contributed by atoms with Crippen molar-refractivity contribution in [3.63, 3.8) is 0 Å². The second-order valence-electron chi connectivity index (χ2n) is 5.96.